The van der Waals surface area contributed by atoms with E-state index < -0.39 is 17.9 Å². The van der Waals surface area contributed by atoms with Crippen LogP contribution in [-0.4, -0.2) is 6.18 Å². The van der Waals surface area contributed by atoms with E-state index in [2.05, 4.69) is 55.5 Å². The number of aryl methyl sites for hydroxylation is 3. The molecule has 0 aromatic heterocycles. The van der Waals surface area contributed by atoms with Crippen LogP contribution in [0.2, 0.25) is 0 Å². The van der Waals surface area contributed by atoms with E-state index in [1.807, 2.05) is 0 Å². The van der Waals surface area contributed by atoms with Crippen LogP contribution in [0.5, 0.6) is 0 Å². The molecule has 3 rings (SSSR count). The molecule has 1 fully saturated rings. The van der Waals surface area contributed by atoms with Gasteiger partial charge < -0.3 is 0 Å². The molecule has 30 heavy (non-hydrogen) atoms. The highest BCUT2D eigenvalue weighted by Gasteiger charge is 2.30. The van der Waals surface area contributed by atoms with Gasteiger partial charge in [-0.25, -0.2) is 4.39 Å². The van der Waals surface area contributed by atoms with Crippen LogP contribution in [0.3, 0.4) is 0 Å². The van der Waals surface area contributed by atoms with E-state index in [1.165, 1.54) is 22.3 Å². The van der Waals surface area contributed by atoms with Gasteiger partial charge in [0.05, 0.1) is 6.08 Å². The molecule has 1 aliphatic rings. The van der Waals surface area contributed by atoms with Crippen molar-refractivity contribution >= 4 is 0 Å². The average Bonchev–Trinajstić information content (AvgIpc) is 2.73. The summed E-state index contributed by atoms with van der Waals surface area (Å²) in [5.41, 5.74) is 5.21. The highest BCUT2D eigenvalue weighted by molar-refractivity contribution is 5.28. The first-order valence-electron chi connectivity index (χ1n) is 11.0. The molecule has 0 radical (unpaired) electrons. The minimum atomic E-state index is -4.58. The van der Waals surface area contributed by atoms with Crippen molar-refractivity contribution in [3.8, 4) is 0 Å². The molecule has 2 aromatic carbocycles. The molecule has 162 valence electrons. The van der Waals surface area contributed by atoms with Crippen molar-refractivity contribution in [1.82, 2.24) is 0 Å². The lowest BCUT2D eigenvalue weighted by atomic mass is 9.78. The monoisotopic (exact) mass is 418 g/mol. The smallest absolute Gasteiger partial charge is 0.212 e. The van der Waals surface area contributed by atoms with Crippen LogP contribution in [-0.2, 0) is 19.3 Å². The van der Waals surface area contributed by atoms with E-state index in [0.717, 1.165) is 38.5 Å². The fraction of sp³-hybridized carbons (Fsp3) is 0.462. The Balaban J connectivity index is 1.49. The summed E-state index contributed by atoms with van der Waals surface area (Å²) >= 11 is 0. The number of hydrogen-bond acceptors (Lipinski definition) is 0. The van der Waals surface area contributed by atoms with Gasteiger partial charge in [-0.1, -0.05) is 61.9 Å². The average molecular weight is 419 g/mol. The van der Waals surface area contributed by atoms with Crippen LogP contribution in [0.25, 0.3) is 0 Å². The summed E-state index contributed by atoms with van der Waals surface area (Å²) in [6.07, 6.45) is 1.91. The number of halogens is 4. The van der Waals surface area contributed by atoms with Gasteiger partial charge in [0, 0.05) is 5.92 Å². The minimum absolute atomic E-state index is 0.176. The Labute approximate surface area is 177 Å². The summed E-state index contributed by atoms with van der Waals surface area (Å²) < 4.78 is 50.8. The molecule has 0 unspecified atom stereocenters. The Morgan fingerprint density at radius 2 is 1.27 bits per heavy atom. The van der Waals surface area contributed by atoms with Crippen molar-refractivity contribution in [2.24, 2.45) is 5.92 Å². The highest BCUT2D eigenvalue weighted by Crippen LogP contribution is 2.40. The first-order chi connectivity index (χ1) is 14.3. The number of alkyl halides is 3. The maximum Gasteiger partial charge on any atom is 0.412 e. The van der Waals surface area contributed by atoms with Crippen molar-refractivity contribution in [1.29, 1.82) is 0 Å². The van der Waals surface area contributed by atoms with E-state index in [4.69, 9.17) is 0 Å². The lowest BCUT2D eigenvalue weighted by Gasteiger charge is -2.28. The quantitative estimate of drug-likeness (QED) is 0.398. The van der Waals surface area contributed by atoms with Crippen molar-refractivity contribution in [3.05, 3.63) is 82.7 Å². The zero-order valence-corrected chi connectivity index (χ0v) is 17.5. The second-order valence-corrected chi connectivity index (χ2v) is 8.43. The fourth-order valence-corrected chi connectivity index (χ4v) is 4.38. The second-order valence-electron chi connectivity index (χ2n) is 8.43. The van der Waals surface area contributed by atoms with Gasteiger partial charge >= 0.3 is 6.18 Å². The van der Waals surface area contributed by atoms with E-state index in [-0.39, 0.29) is 6.08 Å². The zero-order chi connectivity index (χ0) is 21.6. The maximum absolute atomic E-state index is 13.8. The normalized spacial score (nSPS) is 20.4. The molecule has 0 heterocycles. The number of allylic oxidation sites excluding steroid dienone is 2. The number of rotatable bonds is 7. The summed E-state index contributed by atoms with van der Waals surface area (Å²) in [6, 6.07) is 17.4. The van der Waals surface area contributed by atoms with Crippen LogP contribution in [0.1, 0.15) is 67.2 Å². The third-order valence-corrected chi connectivity index (χ3v) is 6.13. The standard InChI is InChI=1S/C26H30F4/c1-2-3-19-4-6-20(7-5-19)8-9-21-10-12-22(13-11-21)23-14-16-24(17-15-23)25(27)18-26(28,29)30/h4-7,10-13,18,23-24H,2-3,8-9,14-17H2,1H3/b25-18-. The number of benzene rings is 2. The first-order valence-corrected chi connectivity index (χ1v) is 11.0. The van der Waals surface area contributed by atoms with E-state index in [0.29, 0.717) is 18.8 Å². The van der Waals surface area contributed by atoms with Crippen molar-refractivity contribution in [2.75, 3.05) is 0 Å². The molecule has 0 aliphatic heterocycles. The fourth-order valence-electron chi connectivity index (χ4n) is 4.38. The van der Waals surface area contributed by atoms with E-state index in [9.17, 15) is 17.6 Å². The molecule has 4 heteroatoms. The first kappa shape index (κ1) is 22.6. The lowest BCUT2D eigenvalue weighted by molar-refractivity contribution is -0.0820. The summed E-state index contributed by atoms with van der Waals surface area (Å²) in [7, 11) is 0. The van der Waals surface area contributed by atoms with E-state index in [1.54, 1.807) is 0 Å². The summed E-state index contributed by atoms with van der Waals surface area (Å²) in [5, 5.41) is 0. The van der Waals surface area contributed by atoms with Crippen LogP contribution in [0, 0.1) is 5.92 Å². The molecule has 0 spiro atoms. The molecule has 1 aliphatic carbocycles. The van der Waals surface area contributed by atoms with E-state index >= 15 is 0 Å². The molecule has 0 nitrogen and oxygen atoms in total. The summed E-state index contributed by atoms with van der Waals surface area (Å²) in [5.74, 6) is -1.30. The summed E-state index contributed by atoms with van der Waals surface area (Å²) in [6.45, 7) is 2.19. The van der Waals surface area contributed by atoms with Gasteiger partial charge in [0.2, 0.25) is 0 Å². The molecule has 0 amide bonds. The van der Waals surface area contributed by atoms with Crippen molar-refractivity contribution in [3.63, 3.8) is 0 Å². The Bertz CT molecular complexity index is 808. The largest absolute Gasteiger partial charge is 0.412 e. The Morgan fingerprint density at radius 1 is 0.800 bits per heavy atom. The second kappa shape index (κ2) is 10.3. The lowest BCUT2D eigenvalue weighted by Crippen LogP contribution is -2.15. The van der Waals surface area contributed by atoms with Gasteiger partial charge in [0.25, 0.3) is 0 Å². The minimum Gasteiger partial charge on any atom is -0.212 e. The molecular weight excluding hydrogens is 388 g/mol. The van der Waals surface area contributed by atoms with Crippen LogP contribution in [0.4, 0.5) is 17.6 Å². The van der Waals surface area contributed by atoms with Gasteiger partial charge in [-0.05, 0) is 73.1 Å². The Kier molecular flexibility index (Phi) is 7.74. The molecule has 0 atom stereocenters. The maximum atomic E-state index is 13.8. The van der Waals surface area contributed by atoms with Gasteiger partial charge in [0.15, 0.2) is 0 Å². The van der Waals surface area contributed by atoms with Gasteiger partial charge in [-0.2, -0.15) is 13.2 Å². The van der Waals surface area contributed by atoms with Crippen molar-refractivity contribution < 1.29 is 17.6 Å². The van der Waals surface area contributed by atoms with Crippen LogP contribution >= 0.6 is 0 Å². The van der Waals surface area contributed by atoms with Gasteiger partial charge in [-0.15, -0.1) is 0 Å². The molecule has 0 N–H and O–H groups in total. The molecule has 1 saturated carbocycles. The van der Waals surface area contributed by atoms with Crippen molar-refractivity contribution in [2.45, 2.75) is 70.4 Å². The Hall–Kier alpha value is -2.10. The zero-order valence-electron chi connectivity index (χ0n) is 17.5. The van der Waals surface area contributed by atoms with Gasteiger partial charge in [-0.3, -0.25) is 0 Å². The number of hydrogen-bond donors (Lipinski definition) is 0. The molecule has 0 bridgehead atoms. The highest BCUT2D eigenvalue weighted by atomic mass is 19.4. The molecule has 0 saturated heterocycles. The predicted octanol–water partition coefficient (Wildman–Crippen LogP) is 8.11. The molecular formula is C26H30F4. The predicted molar refractivity (Wildman–Crippen MR) is 114 cm³/mol. The third kappa shape index (κ3) is 6.72. The molecule has 2 aromatic rings. The third-order valence-electron chi connectivity index (χ3n) is 6.13. The van der Waals surface area contributed by atoms with Crippen LogP contribution < -0.4 is 0 Å². The van der Waals surface area contributed by atoms with Gasteiger partial charge in [0.1, 0.15) is 5.83 Å². The SMILES string of the molecule is CCCc1ccc(CCc2ccc(C3CCC(/C(F)=C/C(F)(F)F)CC3)cc2)cc1. The van der Waals surface area contributed by atoms with Crippen LogP contribution in [0.15, 0.2) is 60.4 Å². The summed E-state index contributed by atoms with van der Waals surface area (Å²) in [4.78, 5) is 0. The topological polar surface area (TPSA) is 0 Å². The Morgan fingerprint density at radius 3 is 1.73 bits per heavy atom.